The van der Waals surface area contributed by atoms with E-state index in [1.165, 1.54) is 61.5 Å². The Morgan fingerprint density at radius 2 is 1.63 bits per heavy atom. The minimum absolute atomic E-state index is 0.0608. The lowest BCUT2D eigenvalue weighted by Crippen LogP contribution is -2.49. The van der Waals surface area contributed by atoms with E-state index in [0.717, 1.165) is 5.56 Å². The van der Waals surface area contributed by atoms with Crippen LogP contribution in [0.25, 0.3) is 0 Å². The lowest BCUT2D eigenvalue weighted by Gasteiger charge is -2.24. The van der Waals surface area contributed by atoms with Gasteiger partial charge in [-0.2, -0.15) is 16.8 Å². The average Bonchev–Trinajstić information content (AvgIpc) is 3.07. The molecular formula is C23H20N4O6S2. The molecule has 12 heteroatoms. The summed E-state index contributed by atoms with van der Waals surface area (Å²) < 4.78 is 56.1. The molecule has 0 radical (unpaired) electrons. The molecule has 3 aromatic carbocycles. The summed E-state index contributed by atoms with van der Waals surface area (Å²) in [6.45, 7) is 3.05. The fraction of sp³-hybridized carbons (Fsp3) is 0.0870. The van der Waals surface area contributed by atoms with Gasteiger partial charge in [0.1, 0.15) is 4.90 Å². The molecule has 0 atom stereocenters. The molecule has 0 unspecified atom stereocenters. The summed E-state index contributed by atoms with van der Waals surface area (Å²) in [7, 11) is -8.62. The van der Waals surface area contributed by atoms with E-state index in [-0.39, 0.29) is 32.7 Å². The van der Waals surface area contributed by atoms with Crippen molar-refractivity contribution in [3.8, 4) is 0 Å². The Morgan fingerprint density at radius 1 is 0.943 bits per heavy atom. The van der Waals surface area contributed by atoms with E-state index in [1.807, 2.05) is 0 Å². The second-order valence-corrected chi connectivity index (χ2v) is 11.0. The number of hydrogen-bond acceptors (Lipinski definition) is 7. The maximum Gasteiger partial charge on any atom is 0.286 e. The van der Waals surface area contributed by atoms with Crippen LogP contribution in [0.2, 0.25) is 0 Å². The molecule has 0 bridgehead atoms. The number of amides is 2. The minimum Gasteiger partial charge on any atom is -0.326 e. The quantitative estimate of drug-likeness (QED) is 0.511. The topological polar surface area (TPSA) is 142 Å². The number of hydrogen-bond donors (Lipinski definition) is 2. The van der Waals surface area contributed by atoms with Crippen molar-refractivity contribution in [1.29, 1.82) is 0 Å². The molecule has 10 nitrogen and oxygen atoms in total. The molecule has 0 fully saturated rings. The van der Waals surface area contributed by atoms with Crippen molar-refractivity contribution in [1.82, 2.24) is 9.84 Å². The van der Waals surface area contributed by atoms with Gasteiger partial charge in [-0.05, 0) is 55.5 Å². The predicted octanol–water partition coefficient (Wildman–Crippen LogP) is 2.44. The first-order chi connectivity index (χ1) is 16.5. The summed E-state index contributed by atoms with van der Waals surface area (Å²) in [4.78, 5) is 24.3. The molecular weight excluding hydrogens is 492 g/mol. The van der Waals surface area contributed by atoms with Crippen LogP contribution in [0.5, 0.6) is 0 Å². The van der Waals surface area contributed by atoms with Gasteiger partial charge in [0.25, 0.3) is 26.0 Å². The molecule has 3 aromatic rings. The molecule has 2 amide bonds. The fourth-order valence-electron chi connectivity index (χ4n) is 3.42. The summed E-state index contributed by atoms with van der Waals surface area (Å²) in [5.41, 5.74) is 3.70. The Morgan fingerprint density at radius 3 is 2.29 bits per heavy atom. The first-order valence-electron chi connectivity index (χ1n) is 10.2. The highest BCUT2D eigenvalue weighted by Gasteiger charge is 2.36. The van der Waals surface area contributed by atoms with E-state index in [1.54, 1.807) is 25.1 Å². The SMILES string of the molecule is CC(=O)Nc1ccc(S(=O)(=O)N(NC2=NS(=O)(=O)c3ccccc32)C(=O)c2cccc(C)c2)cc1. The maximum absolute atomic E-state index is 13.6. The van der Waals surface area contributed by atoms with E-state index in [4.69, 9.17) is 0 Å². The zero-order valence-electron chi connectivity index (χ0n) is 18.6. The number of rotatable bonds is 4. The average molecular weight is 513 g/mol. The van der Waals surface area contributed by atoms with Gasteiger partial charge in [0.05, 0.1) is 4.90 Å². The Labute approximate surface area is 202 Å². The third kappa shape index (κ3) is 4.79. The number of aryl methyl sites for hydroxylation is 1. The zero-order valence-corrected chi connectivity index (χ0v) is 20.2. The van der Waals surface area contributed by atoms with Crippen molar-refractivity contribution in [2.75, 3.05) is 5.32 Å². The van der Waals surface area contributed by atoms with Crippen LogP contribution in [0.4, 0.5) is 5.69 Å². The van der Waals surface area contributed by atoms with Gasteiger partial charge in [0, 0.05) is 23.7 Å². The number of benzene rings is 3. The smallest absolute Gasteiger partial charge is 0.286 e. The molecule has 35 heavy (non-hydrogen) atoms. The third-order valence-corrected chi connectivity index (χ3v) is 7.94. The molecule has 0 aliphatic carbocycles. The summed E-state index contributed by atoms with van der Waals surface area (Å²) >= 11 is 0. The Balaban J connectivity index is 1.79. The van der Waals surface area contributed by atoms with Crippen molar-refractivity contribution in [2.24, 2.45) is 4.40 Å². The van der Waals surface area contributed by atoms with Crippen molar-refractivity contribution in [2.45, 2.75) is 23.6 Å². The predicted molar refractivity (Wildman–Crippen MR) is 129 cm³/mol. The normalized spacial score (nSPS) is 13.9. The number of anilines is 1. The largest absolute Gasteiger partial charge is 0.326 e. The highest BCUT2D eigenvalue weighted by molar-refractivity contribution is 7.91. The fourth-order valence-corrected chi connectivity index (χ4v) is 5.81. The number of amidine groups is 1. The number of hydrazine groups is 1. The van der Waals surface area contributed by atoms with Gasteiger partial charge in [0.2, 0.25) is 5.91 Å². The van der Waals surface area contributed by atoms with Crippen LogP contribution in [0.1, 0.15) is 28.4 Å². The molecule has 1 heterocycles. The number of nitrogens with one attached hydrogen (secondary N) is 2. The number of nitrogens with zero attached hydrogens (tertiary/aromatic N) is 2. The molecule has 180 valence electrons. The van der Waals surface area contributed by atoms with Gasteiger partial charge in [0.15, 0.2) is 5.84 Å². The third-order valence-electron chi connectivity index (χ3n) is 5.00. The lowest BCUT2D eigenvalue weighted by molar-refractivity contribution is -0.114. The Kier molecular flexibility index (Phi) is 6.17. The van der Waals surface area contributed by atoms with Crippen molar-refractivity contribution in [3.63, 3.8) is 0 Å². The van der Waals surface area contributed by atoms with Gasteiger partial charge in [-0.1, -0.05) is 29.8 Å². The Bertz CT molecular complexity index is 1580. The van der Waals surface area contributed by atoms with Gasteiger partial charge in [-0.15, -0.1) is 8.81 Å². The molecule has 0 spiro atoms. The van der Waals surface area contributed by atoms with E-state index in [9.17, 15) is 26.4 Å². The molecule has 1 aliphatic heterocycles. The number of sulfonamides is 2. The summed E-state index contributed by atoms with van der Waals surface area (Å²) in [6, 6.07) is 17.4. The van der Waals surface area contributed by atoms with Gasteiger partial charge < -0.3 is 5.32 Å². The second kappa shape index (κ2) is 8.96. The van der Waals surface area contributed by atoms with Crippen molar-refractivity contribution in [3.05, 3.63) is 89.5 Å². The highest BCUT2D eigenvalue weighted by atomic mass is 32.2. The molecule has 0 saturated heterocycles. The first-order valence-corrected chi connectivity index (χ1v) is 13.1. The monoisotopic (exact) mass is 512 g/mol. The van der Waals surface area contributed by atoms with Crippen LogP contribution in [0.3, 0.4) is 0 Å². The molecule has 4 rings (SSSR count). The van der Waals surface area contributed by atoms with E-state index >= 15 is 0 Å². The molecule has 0 aromatic heterocycles. The van der Waals surface area contributed by atoms with Crippen molar-refractivity contribution < 1.29 is 26.4 Å². The summed E-state index contributed by atoms with van der Waals surface area (Å²) in [5, 5.41) is 2.53. The van der Waals surface area contributed by atoms with Crippen LogP contribution in [-0.2, 0) is 24.8 Å². The maximum atomic E-state index is 13.6. The highest BCUT2D eigenvalue weighted by Crippen LogP contribution is 2.26. The van der Waals surface area contributed by atoms with Crippen molar-refractivity contribution >= 4 is 43.4 Å². The minimum atomic E-state index is -4.55. The van der Waals surface area contributed by atoms with Gasteiger partial charge in [-0.3, -0.25) is 15.0 Å². The number of fused-ring (bicyclic) bond motifs is 1. The second-order valence-electron chi connectivity index (χ2n) is 7.67. The van der Waals surface area contributed by atoms with E-state index in [2.05, 4.69) is 15.1 Å². The molecule has 0 saturated carbocycles. The standard InChI is InChI=1S/C23H20N4O6S2/c1-15-6-5-7-17(14-15)23(29)27(25-22-20-8-3-4-9-21(20)34(30,31)26-22)35(32,33)19-12-10-18(11-13-19)24-16(2)28/h3-14H,1-2H3,(H,24,28)(H,25,26). The summed E-state index contributed by atoms with van der Waals surface area (Å²) in [6.07, 6.45) is 0. The first kappa shape index (κ1) is 24.1. The number of carbonyl (C=O) groups is 2. The summed E-state index contributed by atoms with van der Waals surface area (Å²) in [5.74, 6) is -1.58. The van der Waals surface area contributed by atoms with E-state index in [0.29, 0.717) is 10.1 Å². The van der Waals surface area contributed by atoms with Crippen LogP contribution in [-0.4, -0.2) is 38.9 Å². The van der Waals surface area contributed by atoms with Gasteiger partial charge >= 0.3 is 0 Å². The number of carbonyl (C=O) groups excluding carboxylic acids is 2. The van der Waals surface area contributed by atoms with Crippen LogP contribution in [0.15, 0.2) is 87.0 Å². The van der Waals surface area contributed by atoms with Crippen LogP contribution >= 0.6 is 0 Å². The van der Waals surface area contributed by atoms with E-state index < -0.39 is 26.0 Å². The van der Waals surface area contributed by atoms with Crippen LogP contribution in [0, 0.1) is 6.92 Å². The molecule has 1 aliphatic rings. The Hall–Kier alpha value is -4.03. The van der Waals surface area contributed by atoms with Crippen LogP contribution < -0.4 is 10.7 Å². The molecule has 2 N–H and O–H groups in total. The van der Waals surface area contributed by atoms with Gasteiger partial charge in [-0.25, -0.2) is 0 Å². The zero-order chi connectivity index (χ0) is 25.4. The lowest BCUT2D eigenvalue weighted by atomic mass is 10.1.